The van der Waals surface area contributed by atoms with Crippen molar-refractivity contribution in [2.75, 3.05) is 19.1 Å². The zero-order valence-corrected chi connectivity index (χ0v) is 9.75. The number of hydrogen-bond donors (Lipinski definition) is 1. The summed E-state index contributed by atoms with van der Waals surface area (Å²) in [5.74, 6) is 0.767. The number of methoxy groups -OCH3 is 1. The maximum absolute atomic E-state index is 8.92. The molecule has 2 rings (SSSR count). The van der Waals surface area contributed by atoms with Crippen molar-refractivity contribution < 1.29 is 14.3 Å². The highest BCUT2D eigenvalue weighted by atomic mass is 16.5. The second-order valence-corrected chi connectivity index (χ2v) is 3.54. The van der Waals surface area contributed by atoms with E-state index in [0.717, 1.165) is 11.4 Å². The van der Waals surface area contributed by atoms with E-state index in [1.807, 2.05) is 31.3 Å². The van der Waals surface area contributed by atoms with Gasteiger partial charge in [0.15, 0.2) is 0 Å². The Bertz CT molecular complexity index is 496. The van der Waals surface area contributed by atoms with Crippen LogP contribution in [0.5, 0.6) is 5.75 Å². The Hall–Kier alpha value is -2.01. The average molecular weight is 234 g/mol. The Morgan fingerprint density at radius 3 is 2.94 bits per heavy atom. The predicted octanol–water partition coefficient (Wildman–Crippen LogP) is 1.94. The molecule has 90 valence electrons. The maximum atomic E-state index is 8.92. The van der Waals surface area contributed by atoms with Gasteiger partial charge >= 0.3 is 6.01 Å². The molecule has 0 saturated carbocycles. The molecule has 5 heteroatoms. The fourth-order valence-corrected chi connectivity index (χ4v) is 1.45. The van der Waals surface area contributed by atoms with Gasteiger partial charge in [-0.05, 0) is 12.1 Å². The van der Waals surface area contributed by atoms with E-state index >= 15 is 0 Å². The molecule has 0 saturated heterocycles. The van der Waals surface area contributed by atoms with Crippen LogP contribution in [0, 0.1) is 0 Å². The first-order valence-corrected chi connectivity index (χ1v) is 5.17. The van der Waals surface area contributed by atoms with Gasteiger partial charge in [0.2, 0.25) is 0 Å². The molecule has 2 aromatic rings. The van der Waals surface area contributed by atoms with Gasteiger partial charge in [0.1, 0.15) is 17.7 Å². The average Bonchev–Trinajstić information content (AvgIpc) is 2.86. The topological polar surface area (TPSA) is 58.7 Å². The molecule has 0 aliphatic rings. The van der Waals surface area contributed by atoms with Crippen LogP contribution < -0.4 is 9.64 Å². The fraction of sp³-hybridized carbons (Fsp3) is 0.250. The van der Waals surface area contributed by atoms with Crippen LogP contribution in [0.2, 0.25) is 0 Å². The van der Waals surface area contributed by atoms with Crippen molar-refractivity contribution in [2.24, 2.45) is 0 Å². The minimum absolute atomic E-state index is 0.130. The molecule has 1 heterocycles. The highest BCUT2D eigenvalue weighted by Gasteiger charge is 2.11. The Morgan fingerprint density at radius 2 is 2.29 bits per heavy atom. The largest absolute Gasteiger partial charge is 0.497 e. The van der Waals surface area contributed by atoms with Crippen LogP contribution in [0.15, 0.2) is 34.9 Å². The summed E-state index contributed by atoms with van der Waals surface area (Å²) in [5, 5.41) is 8.92. The van der Waals surface area contributed by atoms with E-state index in [1.165, 1.54) is 6.26 Å². The van der Waals surface area contributed by atoms with E-state index < -0.39 is 0 Å². The molecule has 0 radical (unpaired) electrons. The molecular formula is C12H14N2O3. The summed E-state index contributed by atoms with van der Waals surface area (Å²) in [6.45, 7) is -0.130. The van der Waals surface area contributed by atoms with Gasteiger partial charge in [-0.3, -0.25) is 4.90 Å². The lowest BCUT2D eigenvalue weighted by Gasteiger charge is -2.15. The van der Waals surface area contributed by atoms with E-state index in [0.29, 0.717) is 11.7 Å². The van der Waals surface area contributed by atoms with Crippen molar-refractivity contribution in [1.29, 1.82) is 0 Å². The van der Waals surface area contributed by atoms with Crippen molar-refractivity contribution in [3.05, 3.63) is 36.2 Å². The Balaban J connectivity index is 2.26. The molecule has 1 aromatic carbocycles. The Kier molecular flexibility index (Phi) is 3.30. The number of nitrogens with zero attached hydrogens (tertiary/aromatic N) is 2. The van der Waals surface area contributed by atoms with Crippen molar-refractivity contribution in [2.45, 2.75) is 6.61 Å². The zero-order valence-electron chi connectivity index (χ0n) is 9.75. The van der Waals surface area contributed by atoms with Crippen LogP contribution in [0.4, 0.5) is 11.7 Å². The minimum atomic E-state index is -0.130. The normalized spacial score (nSPS) is 10.3. The lowest BCUT2D eigenvalue weighted by molar-refractivity contribution is 0.276. The molecule has 1 aromatic heterocycles. The van der Waals surface area contributed by atoms with Gasteiger partial charge in [0.25, 0.3) is 0 Å². The molecule has 0 aliphatic heterocycles. The first-order chi connectivity index (χ1) is 8.24. The van der Waals surface area contributed by atoms with Crippen LogP contribution in [0.25, 0.3) is 0 Å². The van der Waals surface area contributed by atoms with Gasteiger partial charge in [0.05, 0.1) is 13.7 Å². The van der Waals surface area contributed by atoms with Gasteiger partial charge < -0.3 is 14.3 Å². The lowest BCUT2D eigenvalue weighted by atomic mass is 10.3. The molecule has 0 aliphatic carbocycles. The maximum Gasteiger partial charge on any atom is 0.301 e. The summed E-state index contributed by atoms with van der Waals surface area (Å²) in [4.78, 5) is 5.91. The van der Waals surface area contributed by atoms with Crippen LogP contribution >= 0.6 is 0 Å². The van der Waals surface area contributed by atoms with Crippen molar-refractivity contribution in [3.8, 4) is 5.75 Å². The third-order valence-corrected chi connectivity index (χ3v) is 2.43. The molecule has 0 bridgehead atoms. The first kappa shape index (κ1) is 11.5. The summed E-state index contributed by atoms with van der Waals surface area (Å²) in [6, 6.07) is 7.99. The van der Waals surface area contributed by atoms with Crippen molar-refractivity contribution in [1.82, 2.24) is 4.98 Å². The smallest absolute Gasteiger partial charge is 0.301 e. The van der Waals surface area contributed by atoms with Gasteiger partial charge in [-0.1, -0.05) is 6.07 Å². The first-order valence-electron chi connectivity index (χ1n) is 5.17. The molecule has 0 spiro atoms. The van der Waals surface area contributed by atoms with Gasteiger partial charge in [-0.2, -0.15) is 4.98 Å². The highest BCUT2D eigenvalue weighted by Crippen LogP contribution is 2.26. The third-order valence-electron chi connectivity index (χ3n) is 2.43. The van der Waals surface area contributed by atoms with Crippen LogP contribution in [-0.2, 0) is 6.61 Å². The quantitative estimate of drug-likeness (QED) is 0.876. The van der Waals surface area contributed by atoms with E-state index in [4.69, 9.17) is 14.3 Å². The second kappa shape index (κ2) is 4.88. The van der Waals surface area contributed by atoms with Crippen molar-refractivity contribution in [3.63, 3.8) is 0 Å². The third kappa shape index (κ3) is 2.39. The highest BCUT2D eigenvalue weighted by molar-refractivity contribution is 5.57. The molecule has 1 N–H and O–H groups in total. The van der Waals surface area contributed by atoms with Crippen molar-refractivity contribution >= 4 is 11.7 Å². The molecule has 0 atom stereocenters. The van der Waals surface area contributed by atoms with E-state index in [2.05, 4.69) is 4.98 Å². The summed E-state index contributed by atoms with van der Waals surface area (Å²) in [6.07, 6.45) is 1.44. The second-order valence-electron chi connectivity index (χ2n) is 3.54. The van der Waals surface area contributed by atoms with Crippen LogP contribution in [0.3, 0.4) is 0 Å². The summed E-state index contributed by atoms with van der Waals surface area (Å²) >= 11 is 0. The summed E-state index contributed by atoms with van der Waals surface area (Å²) in [5.41, 5.74) is 1.41. The number of benzene rings is 1. The molecule has 0 fully saturated rings. The minimum Gasteiger partial charge on any atom is -0.497 e. The number of oxazole rings is 1. The van der Waals surface area contributed by atoms with Crippen LogP contribution in [-0.4, -0.2) is 24.2 Å². The molecular weight excluding hydrogens is 220 g/mol. The number of rotatable bonds is 4. The number of aliphatic hydroxyl groups is 1. The van der Waals surface area contributed by atoms with E-state index in [9.17, 15) is 0 Å². The summed E-state index contributed by atoms with van der Waals surface area (Å²) in [7, 11) is 3.45. The van der Waals surface area contributed by atoms with Gasteiger partial charge in [0, 0.05) is 18.8 Å². The molecule has 17 heavy (non-hydrogen) atoms. The molecule has 0 unspecified atom stereocenters. The summed E-state index contributed by atoms with van der Waals surface area (Å²) < 4.78 is 10.4. The SMILES string of the molecule is COc1cccc(N(C)c2nc(CO)co2)c1. The van der Waals surface area contributed by atoms with Crippen LogP contribution in [0.1, 0.15) is 5.69 Å². The van der Waals surface area contributed by atoms with Gasteiger partial charge in [-0.15, -0.1) is 0 Å². The number of aromatic nitrogens is 1. The monoisotopic (exact) mass is 234 g/mol. The van der Waals surface area contributed by atoms with Gasteiger partial charge in [-0.25, -0.2) is 0 Å². The number of anilines is 2. The number of hydrogen-bond acceptors (Lipinski definition) is 5. The molecule has 0 amide bonds. The Morgan fingerprint density at radius 1 is 1.47 bits per heavy atom. The number of ether oxygens (including phenoxy) is 1. The zero-order chi connectivity index (χ0) is 12.3. The van der Waals surface area contributed by atoms with E-state index in [1.54, 1.807) is 12.0 Å². The standard InChI is InChI=1S/C12H14N2O3/c1-14(12-13-9(7-15)8-17-12)10-4-3-5-11(6-10)16-2/h3-6,8,15H,7H2,1-2H3. The van der Waals surface area contributed by atoms with E-state index in [-0.39, 0.29) is 6.61 Å². The number of aliphatic hydroxyl groups excluding tert-OH is 1. The predicted molar refractivity (Wildman–Crippen MR) is 63.5 cm³/mol. The Labute approximate surface area is 99.3 Å². The lowest BCUT2D eigenvalue weighted by Crippen LogP contribution is -2.09. The fourth-order valence-electron chi connectivity index (χ4n) is 1.45. The molecule has 5 nitrogen and oxygen atoms in total.